The van der Waals surface area contributed by atoms with Gasteiger partial charge in [-0.3, -0.25) is 4.79 Å². The Labute approximate surface area is 149 Å². The molecule has 1 amide bonds. The van der Waals surface area contributed by atoms with Crippen molar-refractivity contribution in [3.63, 3.8) is 0 Å². The first-order valence-electron chi connectivity index (χ1n) is 8.74. The minimum atomic E-state index is -0.480. The molecule has 0 bridgehead atoms. The molecule has 2 aromatic rings. The monoisotopic (exact) mass is 339 g/mol. The molecule has 3 rings (SSSR count). The topological polar surface area (TPSA) is 55.3 Å². The maximum atomic E-state index is 12.9. The molecule has 1 aliphatic rings. The molecule has 25 heavy (non-hydrogen) atoms. The fourth-order valence-corrected chi connectivity index (χ4v) is 2.85. The Morgan fingerprint density at radius 2 is 1.96 bits per heavy atom. The Hall–Kier alpha value is -2.43. The molecule has 1 atom stereocenters. The Balaban J connectivity index is 1.72. The number of fused-ring (bicyclic) bond motifs is 1. The van der Waals surface area contributed by atoms with E-state index in [4.69, 9.17) is 4.74 Å². The molecule has 1 aromatic heterocycles. The Bertz CT molecular complexity index is 753. The third-order valence-electron chi connectivity index (χ3n) is 4.31. The van der Waals surface area contributed by atoms with Crippen molar-refractivity contribution >= 4 is 5.91 Å². The highest BCUT2D eigenvalue weighted by Gasteiger charge is 2.31. The predicted octanol–water partition coefficient (Wildman–Crippen LogP) is 3.47. The Morgan fingerprint density at radius 3 is 2.60 bits per heavy atom. The number of benzene rings is 1. The number of ether oxygens (including phenoxy) is 1. The first-order valence-corrected chi connectivity index (χ1v) is 8.74. The van der Waals surface area contributed by atoms with Crippen LogP contribution in [0.1, 0.15) is 51.2 Å². The average molecular weight is 339 g/mol. The molecule has 5 heteroatoms. The van der Waals surface area contributed by atoms with E-state index in [2.05, 4.69) is 30.7 Å². The van der Waals surface area contributed by atoms with Gasteiger partial charge in [0.2, 0.25) is 0 Å². The van der Waals surface area contributed by atoms with E-state index in [1.807, 2.05) is 48.4 Å². The summed E-state index contributed by atoms with van der Waals surface area (Å²) in [6.07, 6.45) is 2.00. The summed E-state index contributed by atoms with van der Waals surface area (Å²) < 4.78 is 5.89. The van der Waals surface area contributed by atoms with Gasteiger partial charge in [-0.05, 0) is 18.6 Å². The van der Waals surface area contributed by atoms with Gasteiger partial charge >= 0.3 is 0 Å². The first kappa shape index (κ1) is 17.4. The molecule has 0 unspecified atom stereocenters. The van der Waals surface area contributed by atoms with Crippen LogP contribution < -0.4 is 4.74 Å². The van der Waals surface area contributed by atoms with E-state index < -0.39 is 6.10 Å². The predicted molar refractivity (Wildman–Crippen MR) is 96.1 cm³/mol. The smallest absolute Gasteiger partial charge is 0.264 e. The Morgan fingerprint density at radius 1 is 1.24 bits per heavy atom. The van der Waals surface area contributed by atoms with Crippen LogP contribution in [0.2, 0.25) is 0 Å². The lowest BCUT2D eigenvalue weighted by atomic mass is 9.95. The van der Waals surface area contributed by atoms with Crippen LogP contribution in [0.25, 0.3) is 0 Å². The summed E-state index contributed by atoms with van der Waals surface area (Å²) in [6.45, 7) is 9.31. The summed E-state index contributed by atoms with van der Waals surface area (Å²) in [6, 6.07) is 9.48. The van der Waals surface area contributed by atoms with Gasteiger partial charge in [-0.1, -0.05) is 45.9 Å². The van der Waals surface area contributed by atoms with Crippen molar-refractivity contribution in [2.45, 2.75) is 58.7 Å². The van der Waals surface area contributed by atoms with Crippen molar-refractivity contribution in [3.8, 4) is 5.75 Å². The summed E-state index contributed by atoms with van der Waals surface area (Å²) in [5.41, 5.74) is 1.87. The molecule has 5 nitrogen and oxygen atoms in total. The van der Waals surface area contributed by atoms with Crippen molar-refractivity contribution in [2.24, 2.45) is 0 Å². The van der Waals surface area contributed by atoms with E-state index in [0.29, 0.717) is 25.3 Å². The van der Waals surface area contributed by atoms with Crippen molar-refractivity contribution in [1.29, 1.82) is 0 Å². The molecule has 0 saturated heterocycles. The molecule has 1 aromatic carbocycles. The van der Waals surface area contributed by atoms with Crippen LogP contribution >= 0.6 is 0 Å². The lowest BCUT2D eigenvalue weighted by Gasteiger charge is -2.23. The molecule has 132 valence electrons. The van der Waals surface area contributed by atoms with Crippen LogP contribution in [0.3, 0.4) is 0 Å². The van der Waals surface area contributed by atoms with Gasteiger partial charge in [0.25, 0.3) is 5.91 Å². The summed E-state index contributed by atoms with van der Waals surface area (Å²) in [4.78, 5) is 23.8. The van der Waals surface area contributed by atoms with E-state index in [-0.39, 0.29) is 11.3 Å². The van der Waals surface area contributed by atoms with Gasteiger partial charge in [0.15, 0.2) is 6.10 Å². The van der Waals surface area contributed by atoms with Crippen LogP contribution in [-0.4, -0.2) is 26.9 Å². The van der Waals surface area contributed by atoms with Crippen molar-refractivity contribution in [1.82, 2.24) is 14.9 Å². The molecular formula is C20H25N3O2. The van der Waals surface area contributed by atoms with E-state index in [1.54, 1.807) is 0 Å². The van der Waals surface area contributed by atoms with Crippen LogP contribution in [0, 0.1) is 0 Å². The standard InChI is InChI=1S/C20H25N3O2/c1-5-17(25-15-9-7-6-8-10-15)18(24)23-12-14-11-21-19(20(2,3)4)22-16(14)13-23/h6-11,17H,5,12-13H2,1-4H3/t17-/m1/s1. The third kappa shape index (κ3) is 3.81. The van der Waals surface area contributed by atoms with Gasteiger partial charge < -0.3 is 9.64 Å². The number of para-hydroxylation sites is 1. The number of hydrogen-bond donors (Lipinski definition) is 0. The molecular weight excluding hydrogens is 314 g/mol. The maximum Gasteiger partial charge on any atom is 0.264 e. The zero-order chi connectivity index (χ0) is 18.0. The number of hydrogen-bond acceptors (Lipinski definition) is 4. The molecule has 0 radical (unpaired) electrons. The van der Waals surface area contributed by atoms with E-state index >= 15 is 0 Å². The first-order chi connectivity index (χ1) is 11.9. The fraction of sp³-hybridized carbons (Fsp3) is 0.450. The van der Waals surface area contributed by atoms with Crippen molar-refractivity contribution in [3.05, 3.63) is 53.6 Å². The molecule has 0 fully saturated rings. The Kier molecular flexibility index (Phi) is 4.75. The summed E-state index contributed by atoms with van der Waals surface area (Å²) >= 11 is 0. The van der Waals surface area contributed by atoms with E-state index in [1.165, 1.54) is 0 Å². The van der Waals surface area contributed by atoms with E-state index in [9.17, 15) is 4.79 Å². The molecule has 0 spiro atoms. The minimum absolute atomic E-state index is 0.00154. The number of aromatic nitrogens is 2. The molecule has 1 aliphatic heterocycles. The second kappa shape index (κ2) is 6.82. The number of carbonyl (C=O) groups excluding carboxylic acids is 1. The lowest BCUT2D eigenvalue weighted by Crippen LogP contribution is -2.38. The minimum Gasteiger partial charge on any atom is -0.481 e. The second-order valence-corrected chi connectivity index (χ2v) is 7.44. The molecule has 0 aliphatic carbocycles. The fourth-order valence-electron chi connectivity index (χ4n) is 2.85. The quantitative estimate of drug-likeness (QED) is 0.856. The number of nitrogens with zero attached hydrogens (tertiary/aromatic N) is 3. The largest absolute Gasteiger partial charge is 0.481 e. The average Bonchev–Trinajstić information content (AvgIpc) is 3.02. The van der Waals surface area contributed by atoms with Crippen LogP contribution in [-0.2, 0) is 23.3 Å². The van der Waals surface area contributed by atoms with E-state index in [0.717, 1.165) is 17.1 Å². The maximum absolute atomic E-state index is 12.9. The highest BCUT2D eigenvalue weighted by Crippen LogP contribution is 2.26. The van der Waals surface area contributed by atoms with Gasteiger partial charge in [0.1, 0.15) is 11.6 Å². The zero-order valence-corrected chi connectivity index (χ0v) is 15.3. The van der Waals surface area contributed by atoms with Gasteiger partial charge in [-0.25, -0.2) is 9.97 Å². The molecule has 0 saturated carbocycles. The van der Waals surface area contributed by atoms with Crippen LogP contribution in [0.5, 0.6) is 5.75 Å². The van der Waals surface area contributed by atoms with Crippen molar-refractivity contribution in [2.75, 3.05) is 0 Å². The normalized spacial score (nSPS) is 15.0. The lowest BCUT2D eigenvalue weighted by molar-refractivity contribution is -0.139. The summed E-state index contributed by atoms with van der Waals surface area (Å²) in [5.74, 6) is 1.53. The van der Waals surface area contributed by atoms with Gasteiger partial charge in [-0.2, -0.15) is 0 Å². The number of rotatable bonds is 4. The van der Waals surface area contributed by atoms with Gasteiger partial charge in [0, 0.05) is 23.7 Å². The van der Waals surface area contributed by atoms with Gasteiger partial charge in [-0.15, -0.1) is 0 Å². The van der Waals surface area contributed by atoms with Crippen LogP contribution in [0.15, 0.2) is 36.5 Å². The number of amides is 1. The van der Waals surface area contributed by atoms with Gasteiger partial charge in [0.05, 0.1) is 12.2 Å². The SMILES string of the molecule is CC[C@@H](Oc1ccccc1)C(=O)N1Cc2cnc(C(C)(C)C)nc2C1. The van der Waals surface area contributed by atoms with Crippen molar-refractivity contribution < 1.29 is 9.53 Å². The van der Waals surface area contributed by atoms with Crippen LogP contribution in [0.4, 0.5) is 0 Å². The summed E-state index contributed by atoms with van der Waals surface area (Å²) in [7, 11) is 0. The molecule has 2 heterocycles. The second-order valence-electron chi connectivity index (χ2n) is 7.44. The number of carbonyl (C=O) groups is 1. The highest BCUT2D eigenvalue weighted by atomic mass is 16.5. The third-order valence-corrected chi connectivity index (χ3v) is 4.31. The summed E-state index contributed by atoms with van der Waals surface area (Å²) in [5, 5.41) is 0. The zero-order valence-electron chi connectivity index (χ0n) is 15.3. The molecule has 0 N–H and O–H groups in total. The highest BCUT2D eigenvalue weighted by molar-refractivity contribution is 5.81.